The molecule has 0 aliphatic heterocycles. The first-order valence-corrected chi connectivity index (χ1v) is 10.8. The molecule has 0 radical (unpaired) electrons. The molecular weight excluding hydrogens is 402 g/mol. The number of aromatic nitrogens is 2. The fourth-order valence-corrected chi connectivity index (χ4v) is 5.13. The van der Waals surface area contributed by atoms with Crippen LogP contribution in [0.4, 0.5) is 0 Å². The zero-order valence-electron chi connectivity index (χ0n) is 17.4. The molecule has 0 spiro atoms. The second-order valence-electron chi connectivity index (χ2n) is 7.40. The number of nitrogens with zero attached hydrogens (tertiary/aromatic N) is 2. The molecule has 0 saturated carbocycles. The number of nitrogens with one attached hydrogen (secondary N) is 1. The summed E-state index contributed by atoms with van der Waals surface area (Å²) in [7, 11) is 3.19. The third kappa shape index (κ3) is 3.67. The quantitative estimate of drug-likeness (QED) is 0.627. The lowest BCUT2D eigenvalue weighted by atomic mass is 10.1. The van der Waals surface area contributed by atoms with E-state index in [1.807, 2.05) is 18.2 Å². The smallest absolute Gasteiger partial charge is 0.263 e. The van der Waals surface area contributed by atoms with Gasteiger partial charge in [0.2, 0.25) is 5.91 Å². The Kier molecular flexibility index (Phi) is 5.76. The van der Waals surface area contributed by atoms with Crippen molar-refractivity contribution in [3.8, 4) is 11.5 Å². The highest BCUT2D eigenvalue weighted by Crippen LogP contribution is 2.34. The Morgan fingerprint density at radius 2 is 2.07 bits per heavy atom. The molecule has 0 saturated heterocycles. The first kappa shape index (κ1) is 20.4. The second-order valence-corrected chi connectivity index (χ2v) is 8.48. The molecule has 1 unspecified atom stereocenters. The summed E-state index contributed by atoms with van der Waals surface area (Å²) >= 11 is 1.60. The molecule has 7 nitrogen and oxygen atoms in total. The summed E-state index contributed by atoms with van der Waals surface area (Å²) in [5.41, 5.74) is 2.03. The predicted molar refractivity (Wildman–Crippen MR) is 117 cm³/mol. The van der Waals surface area contributed by atoms with E-state index in [2.05, 4.69) is 10.3 Å². The summed E-state index contributed by atoms with van der Waals surface area (Å²) in [4.78, 5) is 32.2. The number of methoxy groups -OCH3 is 2. The predicted octanol–water partition coefficient (Wildman–Crippen LogP) is 2.88. The Balaban J connectivity index is 1.44. The maximum atomic E-state index is 13.0. The van der Waals surface area contributed by atoms with Gasteiger partial charge in [0.1, 0.15) is 10.9 Å². The fourth-order valence-electron chi connectivity index (χ4n) is 3.91. The third-order valence-electron chi connectivity index (χ3n) is 5.61. The van der Waals surface area contributed by atoms with Crippen molar-refractivity contribution >= 4 is 27.5 Å². The van der Waals surface area contributed by atoms with E-state index < -0.39 is 6.04 Å². The lowest BCUT2D eigenvalue weighted by molar-refractivity contribution is -0.123. The van der Waals surface area contributed by atoms with Crippen LogP contribution in [0.1, 0.15) is 35.4 Å². The second kappa shape index (κ2) is 8.47. The van der Waals surface area contributed by atoms with Crippen LogP contribution in [0.25, 0.3) is 10.2 Å². The van der Waals surface area contributed by atoms with E-state index in [1.165, 1.54) is 15.8 Å². The number of hydrogen-bond donors (Lipinski definition) is 1. The van der Waals surface area contributed by atoms with E-state index in [4.69, 9.17) is 9.47 Å². The molecule has 1 amide bonds. The molecule has 1 aliphatic rings. The molecule has 0 bridgehead atoms. The van der Waals surface area contributed by atoms with Crippen molar-refractivity contribution < 1.29 is 14.3 Å². The number of carbonyl (C=O) groups excluding carboxylic acids is 1. The van der Waals surface area contributed by atoms with Gasteiger partial charge in [-0.3, -0.25) is 14.2 Å². The number of hydrogen-bond acceptors (Lipinski definition) is 6. The highest BCUT2D eigenvalue weighted by atomic mass is 32.1. The van der Waals surface area contributed by atoms with Crippen LogP contribution in [-0.2, 0) is 24.1 Å². The Bertz CT molecular complexity index is 1150. The number of fused-ring (bicyclic) bond motifs is 3. The van der Waals surface area contributed by atoms with Gasteiger partial charge < -0.3 is 14.8 Å². The lowest BCUT2D eigenvalue weighted by Gasteiger charge is -2.15. The highest BCUT2D eigenvalue weighted by molar-refractivity contribution is 7.18. The Morgan fingerprint density at radius 3 is 2.83 bits per heavy atom. The minimum Gasteiger partial charge on any atom is -0.493 e. The van der Waals surface area contributed by atoms with E-state index in [1.54, 1.807) is 32.5 Å². The number of ether oxygens (including phenoxy) is 2. The van der Waals surface area contributed by atoms with Gasteiger partial charge in [0, 0.05) is 11.4 Å². The molecule has 2 aromatic heterocycles. The van der Waals surface area contributed by atoms with E-state index in [9.17, 15) is 9.59 Å². The largest absolute Gasteiger partial charge is 0.493 e. The molecular formula is C22H25N3O4S. The molecule has 2 heterocycles. The zero-order valence-corrected chi connectivity index (χ0v) is 18.2. The van der Waals surface area contributed by atoms with Crippen molar-refractivity contribution in [3.63, 3.8) is 0 Å². The average Bonchev–Trinajstić information content (AvgIpc) is 3.34. The maximum Gasteiger partial charge on any atom is 0.263 e. The molecule has 30 heavy (non-hydrogen) atoms. The van der Waals surface area contributed by atoms with Gasteiger partial charge in [0.25, 0.3) is 5.56 Å². The van der Waals surface area contributed by atoms with E-state index in [0.29, 0.717) is 29.9 Å². The number of thiophene rings is 1. The summed E-state index contributed by atoms with van der Waals surface area (Å²) in [5, 5.41) is 3.62. The van der Waals surface area contributed by atoms with Crippen LogP contribution >= 0.6 is 11.3 Å². The fraction of sp³-hybridized carbons (Fsp3) is 0.409. The number of benzene rings is 1. The van der Waals surface area contributed by atoms with Crippen molar-refractivity contribution in [3.05, 3.63) is 50.9 Å². The number of rotatable bonds is 7. The van der Waals surface area contributed by atoms with Gasteiger partial charge in [-0.05, 0) is 55.9 Å². The van der Waals surface area contributed by atoms with Crippen LogP contribution in [0, 0.1) is 0 Å². The molecule has 1 N–H and O–H groups in total. The summed E-state index contributed by atoms with van der Waals surface area (Å²) in [6.45, 7) is 2.18. The van der Waals surface area contributed by atoms with Crippen molar-refractivity contribution in [2.45, 2.75) is 38.6 Å². The van der Waals surface area contributed by atoms with Crippen LogP contribution in [-0.4, -0.2) is 36.2 Å². The first-order valence-electron chi connectivity index (χ1n) is 10.0. The average molecular weight is 428 g/mol. The highest BCUT2D eigenvalue weighted by Gasteiger charge is 2.24. The minimum atomic E-state index is -0.628. The van der Waals surface area contributed by atoms with Gasteiger partial charge >= 0.3 is 0 Å². The Morgan fingerprint density at radius 1 is 1.27 bits per heavy atom. The van der Waals surface area contributed by atoms with Gasteiger partial charge in [0.05, 0.1) is 25.9 Å². The summed E-state index contributed by atoms with van der Waals surface area (Å²) < 4.78 is 12.0. The lowest BCUT2D eigenvalue weighted by Crippen LogP contribution is -2.36. The van der Waals surface area contributed by atoms with Crippen molar-refractivity contribution in [1.29, 1.82) is 0 Å². The molecule has 3 aromatic rings. The number of carbonyl (C=O) groups is 1. The minimum absolute atomic E-state index is 0.123. The summed E-state index contributed by atoms with van der Waals surface area (Å²) in [6.07, 6.45) is 5.15. The summed E-state index contributed by atoms with van der Waals surface area (Å²) in [6, 6.07) is 5.06. The van der Waals surface area contributed by atoms with Crippen LogP contribution in [0.2, 0.25) is 0 Å². The van der Waals surface area contributed by atoms with Crippen molar-refractivity contribution in [2.75, 3.05) is 20.8 Å². The topological polar surface area (TPSA) is 82.5 Å². The van der Waals surface area contributed by atoms with Crippen LogP contribution in [0.5, 0.6) is 11.5 Å². The van der Waals surface area contributed by atoms with Crippen LogP contribution < -0.4 is 20.3 Å². The molecule has 1 atom stereocenters. The van der Waals surface area contributed by atoms with E-state index in [0.717, 1.165) is 35.2 Å². The summed E-state index contributed by atoms with van der Waals surface area (Å²) in [5.74, 6) is 1.12. The van der Waals surface area contributed by atoms with Crippen molar-refractivity contribution in [2.24, 2.45) is 0 Å². The molecule has 158 valence electrons. The van der Waals surface area contributed by atoms with Crippen LogP contribution in [0.15, 0.2) is 29.3 Å². The van der Waals surface area contributed by atoms with Crippen LogP contribution in [0.3, 0.4) is 0 Å². The molecule has 1 aliphatic carbocycles. The molecule has 4 rings (SSSR count). The van der Waals surface area contributed by atoms with Gasteiger partial charge in [0.15, 0.2) is 11.5 Å². The van der Waals surface area contributed by atoms with E-state index in [-0.39, 0.29) is 11.5 Å². The monoisotopic (exact) mass is 427 g/mol. The zero-order chi connectivity index (χ0) is 21.3. The maximum absolute atomic E-state index is 13.0. The number of amides is 1. The molecule has 1 aromatic carbocycles. The van der Waals surface area contributed by atoms with Gasteiger partial charge in [-0.1, -0.05) is 6.07 Å². The first-order chi connectivity index (χ1) is 14.5. The number of aryl methyl sites for hydroxylation is 2. The molecule has 0 fully saturated rings. The molecule has 8 heteroatoms. The van der Waals surface area contributed by atoms with Gasteiger partial charge in [-0.25, -0.2) is 4.98 Å². The SMILES string of the molecule is COc1ccc(CCNC(=O)C(C)n2cnc3sc4c(c3c2=O)CCC4)cc1OC. The Hall–Kier alpha value is -2.87. The third-order valence-corrected chi connectivity index (χ3v) is 6.81. The van der Waals surface area contributed by atoms with E-state index >= 15 is 0 Å². The standard InChI is InChI=1S/C22H25N3O4S/c1-13(20(26)23-10-9-14-7-8-16(28-2)17(11-14)29-3)25-12-24-21-19(22(25)27)15-5-4-6-18(15)30-21/h7-8,11-13H,4-6,9-10H2,1-3H3,(H,23,26). The van der Waals surface area contributed by atoms with Crippen molar-refractivity contribution in [1.82, 2.24) is 14.9 Å². The normalized spacial score (nSPS) is 13.8. The van der Waals surface area contributed by atoms with Gasteiger partial charge in [-0.15, -0.1) is 11.3 Å². The van der Waals surface area contributed by atoms with Gasteiger partial charge in [-0.2, -0.15) is 0 Å². The Labute approximate surface area is 178 Å².